The SMILES string of the molecule is O=C(O)CN(CC(=O)O)Cc1cc(O)ccc1O. The van der Waals surface area contributed by atoms with E-state index >= 15 is 0 Å². The molecule has 0 aliphatic rings. The summed E-state index contributed by atoms with van der Waals surface area (Å²) in [5, 5.41) is 36.1. The lowest BCUT2D eigenvalue weighted by Gasteiger charge is -2.18. The maximum Gasteiger partial charge on any atom is 0.317 e. The average molecular weight is 255 g/mol. The zero-order valence-electron chi connectivity index (χ0n) is 9.41. The highest BCUT2D eigenvalue weighted by Gasteiger charge is 2.15. The molecule has 0 amide bonds. The van der Waals surface area contributed by atoms with Crippen LogP contribution < -0.4 is 0 Å². The number of carboxylic acids is 2. The third-order valence-corrected chi connectivity index (χ3v) is 2.17. The summed E-state index contributed by atoms with van der Waals surface area (Å²) in [6, 6.07) is 3.79. The molecule has 0 heterocycles. The number of phenols is 2. The minimum atomic E-state index is -1.17. The lowest BCUT2D eigenvalue weighted by molar-refractivity contribution is -0.142. The molecule has 0 atom stereocenters. The minimum absolute atomic E-state index is 0.0845. The van der Waals surface area contributed by atoms with Crippen LogP contribution in [0.15, 0.2) is 18.2 Å². The van der Waals surface area contributed by atoms with Crippen LogP contribution in [0.1, 0.15) is 5.56 Å². The Balaban J connectivity index is 2.84. The number of rotatable bonds is 6. The van der Waals surface area contributed by atoms with Gasteiger partial charge in [-0.15, -0.1) is 0 Å². The van der Waals surface area contributed by atoms with Crippen LogP contribution >= 0.6 is 0 Å². The highest BCUT2D eigenvalue weighted by molar-refractivity contribution is 5.72. The topological polar surface area (TPSA) is 118 Å². The summed E-state index contributed by atoms with van der Waals surface area (Å²) in [5.74, 6) is -2.56. The number of hydrogen-bond donors (Lipinski definition) is 4. The van der Waals surface area contributed by atoms with Crippen LogP contribution in [0.5, 0.6) is 11.5 Å². The standard InChI is InChI=1S/C11H13NO6/c13-8-1-2-9(14)7(3-8)4-12(5-10(15)16)6-11(17)18/h1-3,13-14H,4-6H2,(H,15,16)(H,17,18). The number of carbonyl (C=O) groups is 2. The Labute approximate surface area is 103 Å². The van der Waals surface area contributed by atoms with Crippen molar-refractivity contribution in [2.45, 2.75) is 6.54 Å². The van der Waals surface area contributed by atoms with E-state index < -0.39 is 25.0 Å². The van der Waals surface area contributed by atoms with Crippen LogP contribution in [-0.2, 0) is 16.1 Å². The molecule has 7 heteroatoms. The maximum absolute atomic E-state index is 10.6. The smallest absolute Gasteiger partial charge is 0.317 e. The summed E-state index contributed by atoms with van der Waals surface area (Å²) in [6.07, 6.45) is 0. The van der Waals surface area contributed by atoms with Crippen molar-refractivity contribution in [1.29, 1.82) is 0 Å². The molecule has 1 aromatic carbocycles. The Hall–Kier alpha value is -2.28. The molecule has 0 spiro atoms. The van der Waals surface area contributed by atoms with E-state index in [1.165, 1.54) is 18.2 Å². The summed E-state index contributed by atoms with van der Waals surface area (Å²) >= 11 is 0. The van der Waals surface area contributed by atoms with Gasteiger partial charge in [-0.3, -0.25) is 14.5 Å². The van der Waals surface area contributed by atoms with Gasteiger partial charge in [0.1, 0.15) is 11.5 Å². The number of aliphatic carboxylic acids is 2. The predicted molar refractivity (Wildman–Crippen MR) is 60.3 cm³/mol. The summed E-state index contributed by atoms with van der Waals surface area (Å²) in [5.41, 5.74) is 0.262. The van der Waals surface area contributed by atoms with Gasteiger partial charge >= 0.3 is 11.9 Å². The van der Waals surface area contributed by atoms with Crippen LogP contribution in [0, 0.1) is 0 Å². The van der Waals surface area contributed by atoms with Crippen molar-refractivity contribution < 1.29 is 30.0 Å². The van der Waals surface area contributed by atoms with Gasteiger partial charge in [-0.2, -0.15) is 0 Å². The zero-order valence-corrected chi connectivity index (χ0v) is 9.41. The Kier molecular flexibility index (Phi) is 4.50. The number of hydrogen-bond acceptors (Lipinski definition) is 5. The summed E-state index contributed by atoms with van der Waals surface area (Å²) < 4.78 is 0. The van der Waals surface area contributed by atoms with Crippen LogP contribution in [-0.4, -0.2) is 50.4 Å². The summed E-state index contributed by atoms with van der Waals surface area (Å²) in [6.45, 7) is -1.03. The fourth-order valence-corrected chi connectivity index (χ4v) is 1.49. The van der Waals surface area contributed by atoms with E-state index in [1.807, 2.05) is 0 Å². The Morgan fingerprint density at radius 2 is 1.61 bits per heavy atom. The molecule has 1 aromatic rings. The third-order valence-electron chi connectivity index (χ3n) is 2.17. The second-order valence-electron chi connectivity index (χ2n) is 3.75. The molecule has 0 saturated carbocycles. The van der Waals surface area contributed by atoms with Gasteiger partial charge in [-0.25, -0.2) is 0 Å². The quantitative estimate of drug-likeness (QED) is 0.531. The number of aromatic hydroxyl groups is 2. The van der Waals surface area contributed by atoms with Crippen molar-refractivity contribution >= 4 is 11.9 Å². The van der Waals surface area contributed by atoms with E-state index in [4.69, 9.17) is 10.2 Å². The molecule has 0 unspecified atom stereocenters. The lowest BCUT2D eigenvalue weighted by Crippen LogP contribution is -2.33. The van der Waals surface area contributed by atoms with Crippen LogP contribution in [0.25, 0.3) is 0 Å². The van der Waals surface area contributed by atoms with Gasteiger partial charge in [0, 0.05) is 12.1 Å². The van der Waals surface area contributed by atoms with E-state index in [9.17, 15) is 19.8 Å². The molecule has 0 radical (unpaired) electrons. The second kappa shape index (κ2) is 5.87. The first-order chi connectivity index (χ1) is 8.38. The van der Waals surface area contributed by atoms with E-state index in [0.717, 1.165) is 4.90 Å². The van der Waals surface area contributed by atoms with Crippen molar-refractivity contribution in [3.63, 3.8) is 0 Å². The molecule has 1 rings (SSSR count). The van der Waals surface area contributed by atoms with E-state index in [-0.39, 0.29) is 23.6 Å². The van der Waals surface area contributed by atoms with E-state index in [1.54, 1.807) is 0 Å². The fraction of sp³-hybridized carbons (Fsp3) is 0.273. The molecule has 0 saturated heterocycles. The van der Waals surface area contributed by atoms with Gasteiger partial charge in [-0.1, -0.05) is 0 Å². The molecule has 98 valence electrons. The van der Waals surface area contributed by atoms with Gasteiger partial charge in [0.2, 0.25) is 0 Å². The first-order valence-electron chi connectivity index (χ1n) is 5.05. The highest BCUT2D eigenvalue weighted by atomic mass is 16.4. The van der Waals surface area contributed by atoms with Gasteiger partial charge in [-0.05, 0) is 18.2 Å². The molecule has 4 N–H and O–H groups in total. The van der Waals surface area contributed by atoms with Crippen molar-refractivity contribution in [2.75, 3.05) is 13.1 Å². The monoisotopic (exact) mass is 255 g/mol. The van der Waals surface area contributed by atoms with Crippen molar-refractivity contribution in [3.8, 4) is 11.5 Å². The molecule has 7 nitrogen and oxygen atoms in total. The Morgan fingerprint density at radius 1 is 1.06 bits per heavy atom. The largest absolute Gasteiger partial charge is 0.508 e. The van der Waals surface area contributed by atoms with Crippen molar-refractivity contribution in [2.24, 2.45) is 0 Å². The molecule has 0 aliphatic carbocycles. The third kappa shape index (κ3) is 4.30. The van der Waals surface area contributed by atoms with Crippen LogP contribution in [0.3, 0.4) is 0 Å². The molecule has 0 aliphatic heterocycles. The molecule has 18 heavy (non-hydrogen) atoms. The first-order valence-corrected chi connectivity index (χ1v) is 5.05. The number of benzene rings is 1. The summed E-state index contributed by atoms with van der Waals surface area (Å²) in [7, 11) is 0. The molecular weight excluding hydrogens is 242 g/mol. The zero-order chi connectivity index (χ0) is 13.7. The molecular formula is C11H13NO6. The van der Waals surface area contributed by atoms with Crippen LogP contribution in [0.2, 0.25) is 0 Å². The van der Waals surface area contributed by atoms with E-state index in [2.05, 4.69) is 0 Å². The van der Waals surface area contributed by atoms with Crippen LogP contribution in [0.4, 0.5) is 0 Å². The highest BCUT2D eigenvalue weighted by Crippen LogP contribution is 2.23. The van der Waals surface area contributed by atoms with Gasteiger partial charge < -0.3 is 20.4 Å². The Morgan fingerprint density at radius 3 is 2.11 bits per heavy atom. The number of nitrogens with zero attached hydrogens (tertiary/aromatic N) is 1. The van der Waals surface area contributed by atoms with Gasteiger partial charge in [0.15, 0.2) is 0 Å². The normalized spacial score (nSPS) is 10.5. The van der Waals surface area contributed by atoms with Gasteiger partial charge in [0.25, 0.3) is 0 Å². The molecule has 0 fully saturated rings. The van der Waals surface area contributed by atoms with Crippen molar-refractivity contribution in [1.82, 2.24) is 4.90 Å². The second-order valence-corrected chi connectivity index (χ2v) is 3.75. The minimum Gasteiger partial charge on any atom is -0.508 e. The number of carboxylic acid groups (broad SMARTS) is 2. The van der Waals surface area contributed by atoms with Gasteiger partial charge in [0.05, 0.1) is 13.1 Å². The lowest BCUT2D eigenvalue weighted by atomic mass is 10.1. The average Bonchev–Trinajstić information content (AvgIpc) is 2.21. The maximum atomic E-state index is 10.6. The number of phenolic OH excluding ortho intramolecular Hbond substituents is 2. The molecule has 0 aromatic heterocycles. The first kappa shape index (κ1) is 13.8. The molecule has 0 bridgehead atoms. The van der Waals surface area contributed by atoms with Crippen molar-refractivity contribution in [3.05, 3.63) is 23.8 Å². The predicted octanol–water partition coefficient (Wildman–Crippen LogP) is 0.0690. The Bertz CT molecular complexity index is 443. The van der Waals surface area contributed by atoms with E-state index in [0.29, 0.717) is 0 Å². The fourth-order valence-electron chi connectivity index (χ4n) is 1.49. The summed E-state index contributed by atoms with van der Waals surface area (Å²) in [4.78, 5) is 22.3.